The van der Waals surface area contributed by atoms with E-state index in [1.54, 1.807) is 18.2 Å². The van der Waals surface area contributed by atoms with Crippen molar-refractivity contribution in [2.75, 3.05) is 0 Å². The van der Waals surface area contributed by atoms with Crippen molar-refractivity contribution in [3.05, 3.63) is 94.1 Å². The minimum absolute atomic E-state index is 0.00154. The Hall–Kier alpha value is -3.94. The Kier molecular flexibility index (Phi) is 6.02. The minimum Gasteiger partial charge on any atom is -0.489 e. The Morgan fingerprint density at radius 3 is 2.49 bits per heavy atom. The molecule has 0 aliphatic heterocycles. The van der Waals surface area contributed by atoms with Gasteiger partial charge >= 0.3 is 5.97 Å². The van der Waals surface area contributed by atoms with Crippen LogP contribution >= 0.6 is 23.2 Å². The number of hydrogen-bond donors (Lipinski definition) is 1. The van der Waals surface area contributed by atoms with Crippen LogP contribution in [0.25, 0.3) is 33.3 Å². The molecule has 1 N–H and O–H groups in total. The molecule has 1 saturated carbocycles. The number of aromatic nitrogens is 3. The van der Waals surface area contributed by atoms with Crippen molar-refractivity contribution < 1.29 is 19.2 Å². The van der Waals surface area contributed by atoms with E-state index in [1.165, 1.54) is 12.4 Å². The number of rotatable bonds is 7. The third-order valence-corrected chi connectivity index (χ3v) is 6.91. The Bertz CT molecular complexity index is 1630. The molecule has 1 aliphatic carbocycles. The molecule has 1 fully saturated rings. The van der Waals surface area contributed by atoms with Crippen molar-refractivity contribution in [3.63, 3.8) is 0 Å². The molecule has 6 rings (SSSR count). The van der Waals surface area contributed by atoms with Gasteiger partial charge in [-0.15, -0.1) is 0 Å². The fourth-order valence-corrected chi connectivity index (χ4v) is 4.89. The van der Waals surface area contributed by atoms with Gasteiger partial charge < -0.3 is 14.4 Å². The lowest BCUT2D eigenvalue weighted by molar-refractivity contribution is 0.0692. The lowest BCUT2D eigenvalue weighted by atomic mass is 10.0. The molecule has 0 radical (unpaired) electrons. The van der Waals surface area contributed by atoms with Crippen LogP contribution in [-0.2, 0) is 6.61 Å². The second-order valence-corrected chi connectivity index (χ2v) is 9.64. The molecule has 37 heavy (non-hydrogen) atoms. The van der Waals surface area contributed by atoms with Crippen molar-refractivity contribution in [3.8, 4) is 28.1 Å². The van der Waals surface area contributed by atoms with Gasteiger partial charge in [-0.05, 0) is 42.7 Å². The van der Waals surface area contributed by atoms with Crippen LogP contribution in [0.1, 0.15) is 40.6 Å². The fourth-order valence-electron chi connectivity index (χ4n) is 4.35. The second kappa shape index (κ2) is 9.50. The SMILES string of the molecule is O=C(O)c1nc2ccccc2cc1-c1ccc(OCc2c(-c3c(Cl)cncc3Cl)noc2C2CC2)cc1. The number of aromatic carboxylic acids is 1. The van der Waals surface area contributed by atoms with Gasteiger partial charge in [-0.25, -0.2) is 9.78 Å². The first-order valence-electron chi connectivity index (χ1n) is 11.6. The Morgan fingerprint density at radius 1 is 1.05 bits per heavy atom. The van der Waals surface area contributed by atoms with Gasteiger partial charge in [0.2, 0.25) is 0 Å². The van der Waals surface area contributed by atoms with Crippen molar-refractivity contribution in [2.45, 2.75) is 25.4 Å². The highest BCUT2D eigenvalue weighted by Gasteiger charge is 2.33. The number of carboxylic acids is 1. The first-order valence-corrected chi connectivity index (χ1v) is 12.4. The first kappa shape index (κ1) is 23.5. The zero-order valence-electron chi connectivity index (χ0n) is 19.3. The summed E-state index contributed by atoms with van der Waals surface area (Å²) in [6, 6.07) is 16.5. The summed E-state index contributed by atoms with van der Waals surface area (Å²) in [5.41, 5.74) is 3.81. The molecule has 0 atom stereocenters. The molecule has 1 aliphatic rings. The summed E-state index contributed by atoms with van der Waals surface area (Å²) in [7, 11) is 0. The van der Waals surface area contributed by atoms with Crippen molar-refractivity contribution in [1.82, 2.24) is 15.1 Å². The monoisotopic (exact) mass is 531 g/mol. The van der Waals surface area contributed by atoms with E-state index in [0.29, 0.717) is 44.1 Å². The molecule has 0 spiro atoms. The number of halogens is 2. The number of hydrogen-bond acceptors (Lipinski definition) is 6. The Morgan fingerprint density at radius 2 is 1.78 bits per heavy atom. The van der Waals surface area contributed by atoms with Gasteiger partial charge in [-0.1, -0.05) is 58.7 Å². The molecule has 9 heteroatoms. The molecule has 3 heterocycles. The van der Waals surface area contributed by atoms with Gasteiger partial charge in [-0.3, -0.25) is 4.98 Å². The van der Waals surface area contributed by atoms with E-state index in [-0.39, 0.29) is 12.3 Å². The lowest BCUT2D eigenvalue weighted by Gasteiger charge is -2.11. The summed E-state index contributed by atoms with van der Waals surface area (Å²) >= 11 is 12.8. The molecule has 7 nitrogen and oxygen atoms in total. The quantitative estimate of drug-likeness (QED) is 0.233. The zero-order chi connectivity index (χ0) is 25.5. The molecule has 184 valence electrons. The number of pyridine rings is 2. The smallest absolute Gasteiger partial charge is 0.355 e. The van der Waals surface area contributed by atoms with Crippen LogP contribution in [-0.4, -0.2) is 26.2 Å². The van der Waals surface area contributed by atoms with E-state index in [1.807, 2.05) is 36.4 Å². The summed E-state index contributed by atoms with van der Waals surface area (Å²) in [5, 5.41) is 15.6. The maximum atomic E-state index is 11.9. The highest BCUT2D eigenvalue weighted by atomic mass is 35.5. The summed E-state index contributed by atoms with van der Waals surface area (Å²) in [4.78, 5) is 20.3. The number of fused-ring (bicyclic) bond motifs is 1. The summed E-state index contributed by atoms with van der Waals surface area (Å²) < 4.78 is 11.8. The summed E-state index contributed by atoms with van der Waals surface area (Å²) in [6.45, 7) is 0.205. The summed E-state index contributed by atoms with van der Waals surface area (Å²) in [5.74, 6) is 0.609. The van der Waals surface area contributed by atoms with Crippen LogP contribution in [0.15, 0.2) is 71.5 Å². The van der Waals surface area contributed by atoms with Gasteiger partial charge in [-0.2, -0.15) is 0 Å². The average molecular weight is 532 g/mol. The maximum absolute atomic E-state index is 11.9. The van der Waals surface area contributed by atoms with Crippen LogP contribution in [0.5, 0.6) is 5.75 Å². The normalized spacial score (nSPS) is 13.1. The van der Waals surface area contributed by atoms with Gasteiger partial charge in [0.05, 0.1) is 21.1 Å². The van der Waals surface area contributed by atoms with E-state index in [9.17, 15) is 9.90 Å². The molecule has 0 bridgehead atoms. The minimum atomic E-state index is -1.08. The fraction of sp³-hybridized carbons (Fsp3) is 0.143. The van der Waals surface area contributed by atoms with Crippen LogP contribution in [0.2, 0.25) is 10.0 Å². The zero-order valence-corrected chi connectivity index (χ0v) is 20.8. The standard InChI is InChI=1S/C28H19Cl2N3O4/c29-21-12-31-13-22(30)24(21)25-20(27(37-33-25)16-5-6-16)14-36-18-9-7-15(8-10-18)19-11-17-3-1-2-4-23(17)32-26(19)28(34)35/h1-4,7-13,16H,5-6,14H2,(H,34,35). The highest BCUT2D eigenvalue weighted by Crippen LogP contribution is 2.46. The molecular formula is C28H19Cl2N3O4. The third-order valence-electron chi connectivity index (χ3n) is 6.33. The highest BCUT2D eigenvalue weighted by molar-refractivity contribution is 6.38. The van der Waals surface area contributed by atoms with Crippen LogP contribution in [0, 0.1) is 0 Å². The molecule has 3 aromatic heterocycles. The molecule has 0 saturated heterocycles. The lowest BCUT2D eigenvalue weighted by Crippen LogP contribution is -2.04. The summed E-state index contributed by atoms with van der Waals surface area (Å²) in [6.07, 6.45) is 5.09. The van der Waals surface area contributed by atoms with E-state index >= 15 is 0 Å². The van der Waals surface area contributed by atoms with Gasteiger partial charge in [0.25, 0.3) is 0 Å². The molecule has 5 aromatic rings. The second-order valence-electron chi connectivity index (χ2n) is 8.82. The maximum Gasteiger partial charge on any atom is 0.355 e. The van der Waals surface area contributed by atoms with Crippen LogP contribution in [0.3, 0.4) is 0 Å². The number of ether oxygens (including phenoxy) is 1. The van der Waals surface area contributed by atoms with Crippen LogP contribution < -0.4 is 4.74 Å². The van der Waals surface area contributed by atoms with E-state index in [4.69, 9.17) is 32.5 Å². The van der Waals surface area contributed by atoms with Crippen molar-refractivity contribution in [2.24, 2.45) is 0 Å². The predicted octanol–water partition coefficient (Wildman–Crippen LogP) is 7.41. The van der Waals surface area contributed by atoms with E-state index in [2.05, 4.69) is 15.1 Å². The Labute approximate surface area is 221 Å². The number of carbonyl (C=O) groups is 1. The molecule has 2 aromatic carbocycles. The van der Waals surface area contributed by atoms with E-state index < -0.39 is 5.97 Å². The third kappa shape index (κ3) is 4.52. The van der Waals surface area contributed by atoms with E-state index in [0.717, 1.165) is 35.1 Å². The van der Waals surface area contributed by atoms with Gasteiger partial charge in [0.1, 0.15) is 23.8 Å². The predicted molar refractivity (Wildman–Crippen MR) is 140 cm³/mol. The number of benzene rings is 2. The molecule has 0 unspecified atom stereocenters. The number of para-hydroxylation sites is 1. The number of nitrogens with zero attached hydrogens (tertiary/aromatic N) is 3. The molecular weight excluding hydrogens is 513 g/mol. The van der Waals surface area contributed by atoms with Gasteiger partial charge in [0, 0.05) is 34.8 Å². The van der Waals surface area contributed by atoms with Crippen molar-refractivity contribution in [1.29, 1.82) is 0 Å². The number of carboxylic acid groups (broad SMARTS) is 1. The largest absolute Gasteiger partial charge is 0.489 e. The van der Waals surface area contributed by atoms with Gasteiger partial charge in [0.15, 0.2) is 5.69 Å². The average Bonchev–Trinajstić information content (AvgIpc) is 3.67. The van der Waals surface area contributed by atoms with Crippen LogP contribution in [0.4, 0.5) is 0 Å². The van der Waals surface area contributed by atoms with Crippen molar-refractivity contribution >= 4 is 40.1 Å². The molecule has 0 amide bonds. The Balaban J connectivity index is 1.30. The topological polar surface area (TPSA) is 98.3 Å². The first-order chi connectivity index (χ1) is 18.0.